The number of halogens is 2. The summed E-state index contributed by atoms with van der Waals surface area (Å²) in [4.78, 5) is 4.37. The first-order valence-corrected chi connectivity index (χ1v) is 20.7. The molecule has 2 aromatic heterocycles. The Morgan fingerprint density at radius 3 is 2.20 bits per heavy atom. The predicted molar refractivity (Wildman–Crippen MR) is 170 cm³/mol. The summed E-state index contributed by atoms with van der Waals surface area (Å²) in [5, 5.41) is 4.94. The van der Waals surface area contributed by atoms with E-state index in [9.17, 15) is 0 Å². The Morgan fingerprint density at radius 2 is 1.44 bits per heavy atom. The third-order valence-corrected chi connectivity index (χ3v) is 12.1. The van der Waals surface area contributed by atoms with Gasteiger partial charge >= 0.3 is 169 Å². The van der Waals surface area contributed by atoms with E-state index in [2.05, 4.69) is 22.3 Å². The molecule has 0 aliphatic carbocycles. The van der Waals surface area contributed by atoms with Gasteiger partial charge in [-0.25, -0.2) is 0 Å². The van der Waals surface area contributed by atoms with E-state index in [0.717, 1.165) is 42.9 Å². The minimum atomic E-state index is -2.67. The van der Waals surface area contributed by atoms with Crippen LogP contribution in [0.3, 0.4) is 0 Å². The van der Waals surface area contributed by atoms with Crippen LogP contribution >= 0.6 is 0 Å². The first-order valence-electron chi connectivity index (χ1n) is 16.3. The van der Waals surface area contributed by atoms with Gasteiger partial charge in [-0.15, -0.1) is 0 Å². The molecule has 41 heavy (non-hydrogen) atoms. The maximum absolute atomic E-state index is 15.4. The van der Waals surface area contributed by atoms with Crippen LogP contribution in [0.15, 0.2) is 89.5 Å². The molecule has 0 aliphatic heterocycles. The maximum atomic E-state index is 15.4. The Hall–Kier alpha value is -4.03. The maximum Gasteiger partial charge on any atom is 0.0280 e. The number of furan rings is 1. The van der Waals surface area contributed by atoms with Crippen molar-refractivity contribution in [3.8, 4) is 22.4 Å². The standard InChI is InChI=1S/C36H29F2GeNO/c1-20-15-32(40-19-21(20)2)29-8-6-7-27-28-14-11-22-9-10-23-16-24(12-13-26(23)33(22)36(28)41-35(27)29)34-30(37)17-25(18-31(34)38)39(3,4)5/h6-19H,1-5H3/i1D3,2D3. The largest absolute Gasteiger partial charge is 0.0445 e. The zero-order valence-electron chi connectivity index (χ0n) is 28.7. The number of aryl methyl sites for hydroxylation is 2. The van der Waals surface area contributed by atoms with E-state index in [1.807, 2.05) is 42.5 Å². The number of para-hydroxylation sites is 1. The van der Waals surface area contributed by atoms with Gasteiger partial charge in [-0.05, 0) is 37.0 Å². The molecule has 0 aliphatic rings. The molecule has 2 heterocycles. The molecule has 5 heteroatoms. The van der Waals surface area contributed by atoms with Gasteiger partial charge in [-0.1, -0.05) is 12.1 Å². The molecule has 7 aromatic rings. The summed E-state index contributed by atoms with van der Waals surface area (Å²) < 4.78 is 85.5. The van der Waals surface area contributed by atoms with Crippen molar-refractivity contribution in [2.24, 2.45) is 0 Å². The summed E-state index contributed by atoms with van der Waals surface area (Å²) in [6.07, 6.45) is 1.11. The van der Waals surface area contributed by atoms with Crippen molar-refractivity contribution >= 4 is 61.1 Å². The van der Waals surface area contributed by atoms with Gasteiger partial charge in [0.05, 0.1) is 5.69 Å². The normalized spacial score (nSPS) is 15.0. The molecule has 5 aromatic carbocycles. The van der Waals surface area contributed by atoms with Gasteiger partial charge in [0.25, 0.3) is 0 Å². The van der Waals surface area contributed by atoms with Crippen molar-refractivity contribution in [3.05, 3.63) is 108 Å². The van der Waals surface area contributed by atoms with Crippen LogP contribution < -0.4 is 4.40 Å². The first-order chi connectivity index (χ1) is 22.0. The van der Waals surface area contributed by atoms with Crippen molar-refractivity contribution in [2.45, 2.75) is 31.0 Å². The van der Waals surface area contributed by atoms with Gasteiger partial charge in [0.15, 0.2) is 0 Å². The van der Waals surface area contributed by atoms with Crippen LogP contribution in [-0.2, 0) is 0 Å². The third kappa shape index (κ3) is 4.15. The van der Waals surface area contributed by atoms with E-state index in [0.29, 0.717) is 22.3 Å². The Kier molecular flexibility index (Phi) is 4.50. The summed E-state index contributed by atoms with van der Waals surface area (Å²) in [6, 6.07) is 22.9. The van der Waals surface area contributed by atoms with Crippen LogP contribution in [0.25, 0.3) is 65.9 Å². The van der Waals surface area contributed by atoms with Crippen molar-refractivity contribution < 1.29 is 21.4 Å². The Bertz CT molecular complexity index is 2380. The summed E-state index contributed by atoms with van der Waals surface area (Å²) in [5.41, 5.74) is 1.65. The molecule has 0 radical (unpaired) electrons. The second-order valence-electron chi connectivity index (χ2n) is 11.5. The van der Waals surface area contributed by atoms with Crippen LogP contribution in [0.2, 0.25) is 17.3 Å². The van der Waals surface area contributed by atoms with Gasteiger partial charge in [0.2, 0.25) is 0 Å². The van der Waals surface area contributed by atoms with Crippen molar-refractivity contribution in [1.29, 1.82) is 0 Å². The molecule has 0 saturated heterocycles. The van der Waals surface area contributed by atoms with E-state index in [1.165, 1.54) is 18.2 Å². The van der Waals surface area contributed by atoms with Crippen molar-refractivity contribution in [1.82, 2.24) is 4.98 Å². The molecule has 0 spiro atoms. The Balaban J connectivity index is 1.43. The fourth-order valence-electron chi connectivity index (χ4n) is 5.64. The average molecular weight is 608 g/mol. The van der Waals surface area contributed by atoms with Crippen molar-refractivity contribution in [3.63, 3.8) is 0 Å². The van der Waals surface area contributed by atoms with Gasteiger partial charge in [-0.2, -0.15) is 0 Å². The number of fused-ring (bicyclic) bond motifs is 7. The van der Waals surface area contributed by atoms with Gasteiger partial charge in [0.1, 0.15) is 0 Å². The zero-order valence-corrected chi connectivity index (χ0v) is 24.8. The zero-order chi connectivity index (χ0) is 33.6. The fraction of sp³-hybridized carbons (Fsp3) is 0.139. The summed E-state index contributed by atoms with van der Waals surface area (Å²) >= 11 is -2.45. The molecule has 0 bridgehead atoms. The SMILES string of the molecule is [2H]C([2H])([2H])c1cnc(-c2cccc3c2oc2c3ccc3ccc4cc(-c5c(F)c[c]([Ge]([CH3])([CH3])[CH3])cc5F)ccc4c32)cc1C([2H])([2H])[2H]. The van der Waals surface area contributed by atoms with E-state index >= 15 is 8.78 Å². The minimum absolute atomic E-state index is 0.0533. The van der Waals surface area contributed by atoms with E-state index < -0.39 is 38.6 Å². The van der Waals surface area contributed by atoms with Gasteiger partial charge in [-0.3, -0.25) is 4.98 Å². The quantitative estimate of drug-likeness (QED) is 0.147. The monoisotopic (exact) mass is 609 g/mol. The molecule has 7 rings (SSSR count). The van der Waals surface area contributed by atoms with E-state index in [-0.39, 0.29) is 22.4 Å². The van der Waals surface area contributed by atoms with Crippen molar-refractivity contribution in [2.75, 3.05) is 0 Å². The number of aromatic nitrogens is 1. The van der Waals surface area contributed by atoms with E-state index in [4.69, 9.17) is 12.6 Å². The number of benzene rings is 5. The Morgan fingerprint density at radius 1 is 0.732 bits per heavy atom. The summed E-state index contributed by atoms with van der Waals surface area (Å²) in [7, 11) is 0. The molecular formula is C36H29F2GeNO. The second kappa shape index (κ2) is 9.25. The molecule has 0 atom stereocenters. The molecule has 202 valence electrons. The van der Waals surface area contributed by atoms with Crippen LogP contribution in [-0.4, -0.2) is 18.3 Å². The van der Waals surface area contributed by atoms with Crippen LogP contribution in [0.4, 0.5) is 8.78 Å². The predicted octanol–water partition coefficient (Wildman–Crippen LogP) is 10.1. The number of rotatable bonds is 3. The number of hydrogen-bond donors (Lipinski definition) is 0. The molecule has 0 amide bonds. The second-order valence-corrected chi connectivity index (χ2v) is 22.2. The first kappa shape index (κ1) is 19.9. The Labute approximate surface area is 248 Å². The molecule has 0 unspecified atom stereocenters. The third-order valence-electron chi connectivity index (χ3n) is 7.84. The summed E-state index contributed by atoms with van der Waals surface area (Å²) in [6.45, 7) is -5.31. The molecule has 0 saturated carbocycles. The summed E-state index contributed by atoms with van der Waals surface area (Å²) in [5.74, 6) is 5.14. The van der Waals surface area contributed by atoms with Crippen LogP contribution in [0.5, 0.6) is 0 Å². The molecule has 0 fully saturated rings. The van der Waals surface area contributed by atoms with Crippen LogP contribution in [0.1, 0.15) is 19.4 Å². The van der Waals surface area contributed by atoms with Crippen LogP contribution in [0, 0.1) is 25.3 Å². The van der Waals surface area contributed by atoms with E-state index in [1.54, 1.807) is 18.2 Å². The fourth-order valence-corrected chi connectivity index (χ4v) is 7.99. The molecule has 0 N–H and O–H groups in total. The molecule has 2 nitrogen and oxygen atoms in total. The van der Waals surface area contributed by atoms with Gasteiger partial charge in [0, 0.05) is 20.0 Å². The number of nitrogens with zero attached hydrogens (tertiary/aromatic N) is 1. The smallest absolute Gasteiger partial charge is 0.0280 e. The number of hydrogen-bond acceptors (Lipinski definition) is 2. The minimum Gasteiger partial charge on any atom is -0.0445 e. The van der Waals surface area contributed by atoms with Gasteiger partial charge < -0.3 is 0 Å². The average Bonchev–Trinajstić information content (AvgIpc) is 3.38. The number of pyridine rings is 1. The molecular weight excluding hydrogens is 573 g/mol. The topological polar surface area (TPSA) is 26.0 Å².